The lowest BCUT2D eigenvalue weighted by molar-refractivity contribution is -0.125. The zero-order chi connectivity index (χ0) is 13.2. The second-order valence-corrected chi connectivity index (χ2v) is 5.31. The summed E-state index contributed by atoms with van der Waals surface area (Å²) in [4.78, 5) is 11.9. The van der Waals surface area contributed by atoms with Gasteiger partial charge in [0.15, 0.2) is 0 Å². The molecule has 0 aromatic heterocycles. The molecule has 2 rings (SSSR count). The van der Waals surface area contributed by atoms with Gasteiger partial charge in [0.25, 0.3) is 0 Å². The molecule has 1 fully saturated rings. The summed E-state index contributed by atoms with van der Waals surface area (Å²) in [6.07, 6.45) is 3.21. The summed E-state index contributed by atoms with van der Waals surface area (Å²) < 4.78 is 0. The number of hydrogen-bond acceptors (Lipinski definition) is 2. The van der Waals surface area contributed by atoms with Crippen molar-refractivity contribution >= 4 is 5.91 Å². The topological polar surface area (TPSA) is 55.1 Å². The number of aryl methyl sites for hydroxylation is 1. The minimum atomic E-state index is -0.712. The predicted molar refractivity (Wildman–Crippen MR) is 73.1 cm³/mol. The summed E-state index contributed by atoms with van der Waals surface area (Å²) in [6.45, 7) is 4.93. The van der Waals surface area contributed by atoms with Crippen LogP contribution in [0.4, 0.5) is 0 Å². The van der Waals surface area contributed by atoms with E-state index in [0.717, 1.165) is 18.0 Å². The molecule has 0 radical (unpaired) electrons. The lowest BCUT2D eigenvalue weighted by atomic mass is 9.85. The van der Waals surface area contributed by atoms with Crippen molar-refractivity contribution in [1.29, 1.82) is 0 Å². The summed E-state index contributed by atoms with van der Waals surface area (Å²) in [5.74, 6) is 0.440. The molecule has 3 N–H and O–H groups in total. The maximum atomic E-state index is 11.9. The molecular weight excluding hydrogens is 224 g/mol. The fourth-order valence-corrected chi connectivity index (χ4v) is 2.31. The van der Waals surface area contributed by atoms with Crippen molar-refractivity contribution in [2.75, 3.05) is 6.54 Å². The number of nitrogens with two attached hydrogens (primary N) is 1. The van der Waals surface area contributed by atoms with Gasteiger partial charge in [0.1, 0.15) is 5.54 Å². The molecule has 0 heterocycles. The Labute approximate surface area is 109 Å². The summed E-state index contributed by atoms with van der Waals surface area (Å²) in [5, 5.41) is 3.41. The smallest absolute Gasteiger partial charge is 0.242 e. The van der Waals surface area contributed by atoms with E-state index in [1.54, 1.807) is 0 Å². The molecule has 1 aliphatic carbocycles. The average molecular weight is 246 g/mol. The normalized spacial score (nSPS) is 18.3. The summed E-state index contributed by atoms with van der Waals surface area (Å²) in [6, 6.07) is 8.07. The predicted octanol–water partition coefficient (Wildman–Crippen LogP) is 2.09. The third-order valence-corrected chi connectivity index (χ3v) is 3.88. The minimum Gasteiger partial charge on any atom is -0.368 e. The van der Waals surface area contributed by atoms with Gasteiger partial charge in [-0.25, -0.2) is 0 Å². The largest absolute Gasteiger partial charge is 0.368 e. The summed E-state index contributed by atoms with van der Waals surface area (Å²) in [7, 11) is 0. The third-order valence-electron chi connectivity index (χ3n) is 3.88. The number of rotatable bonds is 6. The first-order valence-electron chi connectivity index (χ1n) is 6.70. The van der Waals surface area contributed by atoms with Gasteiger partial charge in [-0.05, 0) is 44.2 Å². The zero-order valence-corrected chi connectivity index (χ0v) is 11.2. The van der Waals surface area contributed by atoms with Gasteiger partial charge in [-0.15, -0.1) is 0 Å². The standard InChI is InChI=1S/C15H22N2O/c1-3-15(14(16)18,17-10-12-6-7-12)13-8-4-11(2)5-9-13/h4-5,8-9,12,17H,3,6-7,10H2,1-2H3,(H2,16,18). The van der Waals surface area contributed by atoms with Crippen molar-refractivity contribution in [1.82, 2.24) is 5.32 Å². The molecule has 1 unspecified atom stereocenters. The second-order valence-electron chi connectivity index (χ2n) is 5.31. The highest BCUT2D eigenvalue weighted by atomic mass is 16.1. The number of carbonyl (C=O) groups is 1. The number of primary amides is 1. The highest BCUT2D eigenvalue weighted by Crippen LogP contribution is 2.31. The second kappa shape index (κ2) is 5.11. The van der Waals surface area contributed by atoms with E-state index in [1.807, 2.05) is 38.1 Å². The molecule has 1 saturated carbocycles. The molecule has 0 aliphatic heterocycles. The molecule has 0 spiro atoms. The van der Waals surface area contributed by atoms with E-state index in [1.165, 1.54) is 18.4 Å². The van der Waals surface area contributed by atoms with Crippen molar-refractivity contribution < 1.29 is 4.79 Å². The van der Waals surface area contributed by atoms with Crippen LogP contribution in [0.5, 0.6) is 0 Å². The molecule has 1 aromatic carbocycles. The third kappa shape index (κ3) is 2.56. The van der Waals surface area contributed by atoms with Gasteiger partial charge >= 0.3 is 0 Å². The zero-order valence-electron chi connectivity index (χ0n) is 11.2. The molecule has 3 heteroatoms. The molecule has 3 nitrogen and oxygen atoms in total. The maximum absolute atomic E-state index is 11.9. The van der Waals surface area contributed by atoms with Crippen LogP contribution >= 0.6 is 0 Å². The van der Waals surface area contributed by atoms with Crippen LogP contribution in [-0.2, 0) is 10.3 Å². The molecular formula is C15H22N2O. The number of carbonyl (C=O) groups excluding carboxylic acids is 1. The van der Waals surface area contributed by atoms with E-state index in [9.17, 15) is 4.79 Å². The number of amides is 1. The first kappa shape index (κ1) is 13.1. The van der Waals surface area contributed by atoms with Crippen LogP contribution in [0.1, 0.15) is 37.3 Å². The van der Waals surface area contributed by atoms with Crippen LogP contribution in [-0.4, -0.2) is 12.5 Å². The summed E-state index contributed by atoms with van der Waals surface area (Å²) >= 11 is 0. The maximum Gasteiger partial charge on any atom is 0.242 e. The lowest BCUT2D eigenvalue weighted by Gasteiger charge is -2.31. The molecule has 1 amide bonds. The SMILES string of the molecule is CCC(NCC1CC1)(C(N)=O)c1ccc(C)cc1. The first-order chi connectivity index (χ1) is 8.58. The Morgan fingerprint density at radius 2 is 2.00 bits per heavy atom. The molecule has 1 aliphatic rings. The Bertz CT molecular complexity index is 423. The molecule has 18 heavy (non-hydrogen) atoms. The number of benzene rings is 1. The van der Waals surface area contributed by atoms with Gasteiger partial charge < -0.3 is 5.73 Å². The van der Waals surface area contributed by atoms with Crippen LogP contribution in [0.25, 0.3) is 0 Å². The Balaban J connectivity index is 2.26. The minimum absolute atomic E-state index is 0.283. The Kier molecular flexibility index (Phi) is 3.71. The van der Waals surface area contributed by atoms with Crippen LogP contribution in [0.2, 0.25) is 0 Å². The Hall–Kier alpha value is -1.35. The van der Waals surface area contributed by atoms with Crippen molar-refractivity contribution in [3.8, 4) is 0 Å². The van der Waals surface area contributed by atoms with Gasteiger partial charge in [0.05, 0.1) is 0 Å². The van der Waals surface area contributed by atoms with E-state index < -0.39 is 5.54 Å². The quantitative estimate of drug-likeness (QED) is 0.807. The van der Waals surface area contributed by atoms with E-state index in [0.29, 0.717) is 6.42 Å². The molecule has 0 bridgehead atoms. The first-order valence-corrected chi connectivity index (χ1v) is 6.70. The van der Waals surface area contributed by atoms with E-state index in [4.69, 9.17) is 5.73 Å². The van der Waals surface area contributed by atoms with E-state index in [2.05, 4.69) is 5.32 Å². The van der Waals surface area contributed by atoms with Crippen molar-refractivity contribution in [2.24, 2.45) is 11.7 Å². The Morgan fingerprint density at radius 3 is 2.44 bits per heavy atom. The fourth-order valence-electron chi connectivity index (χ4n) is 2.31. The average Bonchev–Trinajstić information content (AvgIpc) is 3.16. The van der Waals surface area contributed by atoms with Gasteiger partial charge in [0.2, 0.25) is 5.91 Å². The van der Waals surface area contributed by atoms with Crippen molar-refractivity contribution in [2.45, 2.75) is 38.6 Å². The lowest BCUT2D eigenvalue weighted by Crippen LogP contribution is -2.52. The van der Waals surface area contributed by atoms with E-state index >= 15 is 0 Å². The highest BCUT2D eigenvalue weighted by molar-refractivity contribution is 5.86. The Morgan fingerprint density at radius 1 is 1.39 bits per heavy atom. The highest BCUT2D eigenvalue weighted by Gasteiger charge is 2.37. The van der Waals surface area contributed by atoms with Crippen LogP contribution in [0, 0.1) is 12.8 Å². The van der Waals surface area contributed by atoms with Crippen molar-refractivity contribution in [3.05, 3.63) is 35.4 Å². The number of nitrogens with one attached hydrogen (secondary N) is 1. The van der Waals surface area contributed by atoms with E-state index in [-0.39, 0.29) is 5.91 Å². The molecule has 0 saturated heterocycles. The van der Waals surface area contributed by atoms with Crippen LogP contribution in [0.15, 0.2) is 24.3 Å². The van der Waals surface area contributed by atoms with Gasteiger partial charge in [0, 0.05) is 0 Å². The molecule has 1 atom stereocenters. The van der Waals surface area contributed by atoms with Crippen LogP contribution in [0.3, 0.4) is 0 Å². The number of hydrogen-bond donors (Lipinski definition) is 2. The molecule has 1 aromatic rings. The summed E-state index contributed by atoms with van der Waals surface area (Å²) in [5.41, 5.74) is 7.11. The molecule has 98 valence electrons. The monoisotopic (exact) mass is 246 g/mol. The van der Waals surface area contributed by atoms with Crippen molar-refractivity contribution in [3.63, 3.8) is 0 Å². The van der Waals surface area contributed by atoms with Gasteiger partial charge in [-0.2, -0.15) is 0 Å². The fraction of sp³-hybridized carbons (Fsp3) is 0.533. The van der Waals surface area contributed by atoms with Gasteiger partial charge in [-0.3, -0.25) is 10.1 Å². The van der Waals surface area contributed by atoms with Crippen LogP contribution < -0.4 is 11.1 Å². The van der Waals surface area contributed by atoms with Gasteiger partial charge in [-0.1, -0.05) is 36.8 Å².